The molecule has 3 heteroatoms. The van der Waals surface area contributed by atoms with E-state index in [0.717, 1.165) is 24.2 Å². The fourth-order valence-electron chi connectivity index (χ4n) is 2.31. The van der Waals surface area contributed by atoms with Crippen molar-refractivity contribution in [1.29, 1.82) is 5.26 Å². The van der Waals surface area contributed by atoms with Gasteiger partial charge < -0.3 is 4.98 Å². The van der Waals surface area contributed by atoms with Gasteiger partial charge in [0, 0.05) is 18.3 Å². The molecule has 0 bridgehead atoms. The number of aromatic nitrogens is 2. The van der Waals surface area contributed by atoms with E-state index in [-0.39, 0.29) is 11.8 Å². The van der Waals surface area contributed by atoms with Crippen LogP contribution in [0.25, 0.3) is 0 Å². The molecule has 2 atom stereocenters. The van der Waals surface area contributed by atoms with Gasteiger partial charge in [-0.15, -0.1) is 0 Å². The summed E-state index contributed by atoms with van der Waals surface area (Å²) in [5.41, 5.74) is 1.06. The minimum Gasteiger partial charge on any atom is -0.348 e. The van der Waals surface area contributed by atoms with E-state index >= 15 is 0 Å². The Morgan fingerprint density at radius 2 is 2.11 bits per heavy atom. The van der Waals surface area contributed by atoms with Gasteiger partial charge in [-0.3, -0.25) is 0 Å². The highest BCUT2D eigenvalue weighted by Gasteiger charge is 2.25. The first-order chi connectivity index (χ1) is 8.86. The maximum Gasteiger partial charge on any atom is 0.110 e. The summed E-state index contributed by atoms with van der Waals surface area (Å²) in [6.07, 6.45) is 5.56. The number of rotatable bonds is 5. The predicted octanol–water partition coefficient (Wildman–Crippen LogP) is 3.60. The van der Waals surface area contributed by atoms with E-state index in [4.69, 9.17) is 0 Å². The molecule has 0 saturated carbocycles. The van der Waals surface area contributed by atoms with Crippen LogP contribution in [0.4, 0.5) is 0 Å². The number of imidazole rings is 1. The number of H-pyrrole nitrogens is 1. The highest BCUT2D eigenvalue weighted by Crippen LogP contribution is 2.34. The van der Waals surface area contributed by atoms with E-state index < -0.39 is 0 Å². The lowest BCUT2D eigenvalue weighted by molar-refractivity contribution is 0.544. The molecule has 1 N–H and O–H groups in total. The van der Waals surface area contributed by atoms with Crippen molar-refractivity contribution in [3.8, 4) is 6.07 Å². The predicted molar refractivity (Wildman–Crippen MR) is 71.0 cm³/mol. The van der Waals surface area contributed by atoms with Crippen LogP contribution >= 0.6 is 0 Å². The van der Waals surface area contributed by atoms with Crippen molar-refractivity contribution in [2.75, 3.05) is 0 Å². The summed E-state index contributed by atoms with van der Waals surface area (Å²) in [6.45, 7) is 2.13. The van der Waals surface area contributed by atoms with Crippen molar-refractivity contribution < 1.29 is 0 Å². The summed E-state index contributed by atoms with van der Waals surface area (Å²) < 4.78 is 0. The molecule has 2 rings (SSSR count). The lowest BCUT2D eigenvalue weighted by atomic mass is 9.84. The molecule has 1 aromatic heterocycles. The Hall–Kier alpha value is -2.08. The number of benzene rings is 1. The zero-order chi connectivity index (χ0) is 12.8. The first-order valence-corrected chi connectivity index (χ1v) is 6.30. The fraction of sp³-hybridized carbons (Fsp3) is 0.333. The first-order valence-electron chi connectivity index (χ1n) is 6.30. The molecule has 2 aromatic rings. The van der Waals surface area contributed by atoms with Crippen molar-refractivity contribution in [2.45, 2.75) is 31.6 Å². The van der Waals surface area contributed by atoms with Crippen molar-refractivity contribution >= 4 is 0 Å². The molecule has 3 nitrogen and oxygen atoms in total. The minimum atomic E-state index is -0.141. The highest BCUT2D eigenvalue weighted by molar-refractivity contribution is 5.29. The summed E-state index contributed by atoms with van der Waals surface area (Å²) in [5.74, 6) is 0.905. The second-order valence-corrected chi connectivity index (χ2v) is 4.39. The Morgan fingerprint density at radius 3 is 2.67 bits per heavy atom. The summed E-state index contributed by atoms with van der Waals surface area (Å²) >= 11 is 0. The van der Waals surface area contributed by atoms with Crippen LogP contribution in [0.15, 0.2) is 42.7 Å². The highest BCUT2D eigenvalue weighted by atomic mass is 14.9. The molecule has 0 aliphatic rings. The monoisotopic (exact) mass is 239 g/mol. The fourth-order valence-corrected chi connectivity index (χ4v) is 2.31. The van der Waals surface area contributed by atoms with Gasteiger partial charge >= 0.3 is 0 Å². The molecule has 2 unspecified atom stereocenters. The molecule has 0 fully saturated rings. The van der Waals surface area contributed by atoms with Crippen molar-refractivity contribution in [3.05, 3.63) is 54.1 Å². The summed E-state index contributed by atoms with van der Waals surface area (Å²) in [6, 6.07) is 12.4. The zero-order valence-electron chi connectivity index (χ0n) is 10.5. The van der Waals surface area contributed by atoms with Crippen LogP contribution in [0.1, 0.15) is 43.0 Å². The quantitative estimate of drug-likeness (QED) is 0.866. The van der Waals surface area contributed by atoms with E-state index in [9.17, 15) is 5.26 Å². The molecule has 92 valence electrons. The van der Waals surface area contributed by atoms with E-state index in [2.05, 4.69) is 23.0 Å². The van der Waals surface area contributed by atoms with Crippen LogP contribution in [0.5, 0.6) is 0 Å². The standard InChI is InChI=1S/C15H17N3/c1-2-6-13(15-17-9-10-18-15)14(11-16)12-7-4-3-5-8-12/h3-5,7-10,13-14H,2,6H2,1H3,(H,17,18). The molecule has 0 aliphatic carbocycles. The van der Waals surface area contributed by atoms with Gasteiger partial charge in [0.25, 0.3) is 0 Å². The topological polar surface area (TPSA) is 52.5 Å². The number of hydrogen-bond donors (Lipinski definition) is 1. The minimum absolute atomic E-state index is 0.136. The number of hydrogen-bond acceptors (Lipinski definition) is 2. The number of aromatic amines is 1. The first kappa shape index (κ1) is 12.4. The van der Waals surface area contributed by atoms with E-state index in [0.29, 0.717) is 0 Å². The molecule has 0 amide bonds. The average molecular weight is 239 g/mol. The zero-order valence-corrected chi connectivity index (χ0v) is 10.5. The molecule has 1 heterocycles. The van der Waals surface area contributed by atoms with Crippen LogP contribution in [-0.4, -0.2) is 9.97 Å². The van der Waals surface area contributed by atoms with E-state index in [1.807, 2.05) is 36.5 Å². The normalized spacial score (nSPS) is 13.8. The van der Waals surface area contributed by atoms with Gasteiger partial charge in [0.05, 0.1) is 12.0 Å². The Balaban J connectivity index is 2.32. The van der Waals surface area contributed by atoms with Crippen LogP contribution < -0.4 is 0 Å². The molecular weight excluding hydrogens is 222 g/mol. The Labute approximate surface area is 107 Å². The molecule has 0 spiro atoms. The number of nitrogens with zero attached hydrogens (tertiary/aromatic N) is 2. The summed E-state index contributed by atoms with van der Waals surface area (Å²) in [4.78, 5) is 7.47. The Bertz CT molecular complexity index is 496. The molecule has 1 aromatic carbocycles. The van der Waals surface area contributed by atoms with E-state index in [1.54, 1.807) is 6.20 Å². The maximum atomic E-state index is 9.48. The molecular formula is C15H17N3. The van der Waals surface area contributed by atoms with Gasteiger partial charge in [0.1, 0.15) is 5.82 Å². The Kier molecular flexibility index (Phi) is 4.14. The lowest BCUT2D eigenvalue weighted by Gasteiger charge is -2.19. The smallest absolute Gasteiger partial charge is 0.110 e. The van der Waals surface area contributed by atoms with Crippen LogP contribution in [-0.2, 0) is 0 Å². The Morgan fingerprint density at radius 1 is 1.33 bits per heavy atom. The van der Waals surface area contributed by atoms with Gasteiger partial charge in [-0.1, -0.05) is 43.7 Å². The number of nitrogens with one attached hydrogen (secondary N) is 1. The maximum absolute atomic E-state index is 9.48. The lowest BCUT2D eigenvalue weighted by Crippen LogP contribution is -2.11. The van der Waals surface area contributed by atoms with Gasteiger partial charge in [-0.05, 0) is 12.0 Å². The summed E-state index contributed by atoms with van der Waals surface area (Å²) in [5, 5.41) is 9.48. The SMILES string of the molecule is CCCC(c1ncc[nH]1)C(C#N)c1ccccc1. The van der Waals surface area contributed by atoms with Gasteiger partial charge in [0.15, 0.2) is 0 Å². The van der Waals surface area contributed by atoms with E-state index in [1.165, 1.54) is 0 Å². The average Bonchev–Trinajstić information content (AvgIpc) is 2.93. The molecule has 0 saturated heterocycles. The van der Waals surface area contributed by atoms with Crippen molar-refractivity contribution in [3.63, 3.8) is 0 Å². The largest absolute Gasteiger partial charge is 0.348 e. The van der Waals surface area contributed by atoms with Gasteiger partial charge in [-0.2, -0.15) is 5.26 Å². The van der Waals surface area contributed by atoms with Crippen LogP contribution in [0.2, 0.25) is 0 Å². The van der Waals surface area contributed by atoms with Gasteiger partial charge in [0.2, 0.25) is 0 Å². The van der Waals surface area contributed by atoms with Crippen LogP contribution in [0.3, 0.4) is 0 Å². The molecule has 0 radical (unpaired) electrons. The third-order valence-corrected chi connectivity index (χ3v) is 3.17. The van der Waals surface area contributed by atoms with Crippen molar-refractivity contribution in [2.24, 2.45) is 0 Å². The number of nitriles is 1. The molecule has 0 aliphatic heterocycles. The van der Waals surface area contributed by atoms with Gasteiger partial charge in [-0.25, -0.2) is 4.98 Å². The molecule has 18 heavy (non-hydrogen) atoms. The third kappa shape index (κ3) is 2.60. The summed E-state index contributed by atoms with van der Waals surface area (Å²) in [7, 11) is 0. The van der Waals surface area contributed by atoms with Crippen LogP contribution in [0, 0.1) is 11.3 Å². The second-order valence-electron chi connectivity index (χ2n) is 4.39. The second kappa shape index (κ2) is 6.02. The van der Waals surface area contributed by atoms with Crippen molar-refractivity contribution in [1.82, 2.24) is 9.97 Å². The third-order valence-electron chi connectivity index (χ3n) is 3.17.